The van der Waals surface area contributed by atoms with Crippen molar-refractivity contribution in [2.45, 2.75) is 49.5 Å². The molecule has 0 saturated carbocycles. The Hall–Kier alpha value is -3.88. The normalized spacial score (nSPS) is 27.5. The Morgan fingerprint density at radius 3 is 2.62 bits per heavy atom. The summed E-state index contributed by atoms with van der Waals surface area (Å²) in [7, 11) is 0. The van der Waals surface area contributed by atoms with Gasteiger partial charge in [-0.3, -0.25) is 4.79 Å². The second kappa shape index (κ2) is 10.7. The molecule has 0 aliphatic carbocycles. The molecule has 1 spiro atoms. The van der Waals surface area contributed by atoms with Crippen LogP contribution >= 0.6 is 0 Å². The highest BCUT2D eigenvalue weighted by Crippen LogP contribution is 2.43. The van der Waals surface area contributed by atoms with Gasteiger partial charge >= 0.3 is 0 Å². The van der Waals surface area contributed by atoms with Crippen LogP contribution in [0.15, 0.2) is 54.7 Å². The van der Waals surface area contributed by atoms with E-state index < -0.39 is 66.1 Å². The lowest BCUT2D eigenvalue weighted by Gasteiger charge is -2.49. The lowest BCUT2D eigenvalue weighted by atomic mass is 9.86. The molecule has 13 heteroatoms. The number of nitrogens with zero attached hydrogens (tertiary/aromatic N) is 3. The minimum Gasteiger partial charge on any atom is -0.394 e. The smallest absolute Gasteiger partial charge is 0.252 e. The summed E-state index contributed by atoms with van der Waals surface area (Å²) in [5.74, 6) is -6.82. The average Bonchev–Trinajstić information content (AvgIpc) is 3.61. The number of halogens is 3. The zero-order chi connectivity index (χ0) is 29.8. The minimum absolute atomic E-state index is 0.0723. The molecule has 3 aromatic carbocycles. The number of rotatable bonds is 5. The molecular formula is C29H27F3N4O6. The fourth-order valence-corrected chi connectivity index (χ4v) is 5.86. The number of amides is 1. The van der Waals surface area contributed by atoms with Crippen LogP contribution in [0.3, 0.4) is 0 Å². The van der Waals surface area contributed by atoms with Gasteiger partial charge in [0, 0.05) is 5.56 Å². The highest BCUT2D eigenvalue weighted by molar-refractivity contribution is 6.08. The van der Waals surface area contributed by atoms with Gasteiger partial charge in [0.1, 0.15) is 30.0 Å². The Morgan fingerprint density at radius 2 is 1.88 bits per heavy atom. The maximum atomic E-state index is 13.8. The van der Waals surface area contributed by atoms with Crippen LogP contribution < -0.4 is 5.32 Å². The maximum Gasteiger partial charge on any atom is 0.252 e. The first kappa shape index (κ1) is 28.2. The summed E-state index contributed by atoms with van der Waals surface area (Å²) < 4.78 is 54.1. The monoisotopic (exact) mass is 584 g/mol. The van der Waals surface area contributed by atoms with Gasteiger partial charge in [-0.2, -0.15) is 0 Å². The van der Waals surface area contributed by atoms with Gasteiger partial charge in [0.05, 0.1) is 31.0 Å². The van der Waals surface area contributed by atoms with E-state index in [0.717, 1.165) is 33.2 Å². The summed E-state index contributed by atoms with van der Waals surface area (Å²) >= 11 is 0. The molecule has 2 aliphatic rings. The second-order valence-electron chi connectivity index (χ2n) is 10.5. The fraction of sp³-hybridized carbons (Fsp3) is 0.345. The molecule has 10 nitrogen and oxygen atoms in total. The van der Waals surface area contributed by atoms with Gasteiger partial charge in [-0.05, 0) is 41.8 Å². The van der Waals surface area contributed by atoms with Crippen LogP contribution in [0.25, 0.3) is 22.0 Å². The molecule has 0 radical (unpaired) electrons. The minimum atomic E-state index is -1.90. The first-order valence-electron chi connectivity index (χ1n) is 13.3. The number of fused-ring (bicyclic) bond motifs is 1. The molecule has 1 aromatic heterocycles. The summed E-state index contributed by atoms with van der Waals surface area (Å²) in [6, 6.07) is 10.4. The first-order chi connectivity index (χ1) is 20.1. The summed E-state index contributed by atoms with van der Waals surface area (Å²) in [5.41, 5.74) is 0.969. The largest absolute Gasteiger partial charge is 0.394 e. The fourth-order valence-electron chi connectivity index (χ4n) is 5.86. The molecule has 6 atom stereocenters. The van der Waals surface area contributed by atoms with E-state index in [4.69, 9.17) is 9.47 Å². The van der Waals surface area contributed by atoms with E-state index in [1.54, 1.807) is 0 Å². The number of aliphatic hydroxyl groups excluding tert-OH is 3. The van der Waals surface area contributed by atoms with E-state index in [1.807, 2.05) is 43.3 Å². The van der Waals surface area contributed by atoms with Crippen molar-refractivity contribution in [1.29, 1.82) is 0 Å². The van der Waals surface area contributed by atoms with E-state index in [2.05, 4.69) is 15.6 Å². The highest BCUT2D eigenvalue weighted by atomic mass is 19.2. The van der Waals surface area contributed by atoms with E-state index in [9.17, 15) is 33.3 Å². The molecule has 6 rings (SSSR count). The zero-order valence-electron chi connectivity index (χ0n) is 22.2. The molecule has 3 heterocycles. The number of nitrogens with one attached hydrogen (secondary N) is 1. The lowest BCUT2D eigenvalue weighted by Crippen LogP contribution is -2.69. The SMILES string of the molecule is Cc1ccc2ccccc2c1C(=O)N[C@@H]1CCO[C@]12O[C@H](CO)[C@H](O)[C@H](n1cc(-c3cc(F)c(F)c(F)c3)nn1)[C@H]2O. The van der Waals surface area contributed by atoms with Gasteiger partial charge in [-0.15, -0.1) is 5.10 Å². The molecule has 4 aromatic rings. The van der Waals surface area contributed by atoms with Crippen LogP contribution in [-0.2, 0) is 9.47 Å². The van der Waals surface area contributed by atoms with Crippen molar-refractivity contribution in [1.82, 2.24) is 20.3 Å². The Balaban J connectivity index is 1.34. The maximum absolute atomic E-state index is 13.8. The molecule has 0 bridgehead atoms. The number of aliphatic hydroxyl groups is 3. The number of hydrogen-bond acceptors (Lipinski definition) is 8. The van der Waals surface area contributed by atoms with Gasteiger partial charge in [0.2, 0.25) is 5.79 Å². The highest BCUT2D eigenvalue weighted by Gasteiger charge is 2.62. The van der Waals surface area contributed by atoms with Gasteiger partial charge in [-0.25, -0.2) is 17.9 Å². The molecule has 0 unspecified atom stereocenters. The van der Waals surface area contributed by atoms with E-state index in [0.29, 0.717) is 5.56 Å². The summed E-state index contributed by atoms with van der Waals surface area (Å²) in [6.45, 7) is 1.21. The molecule has 220 valence electrons. The van der Waals surface area contributed by atoms with Crippen LogP contribution in [0.5, 0.6) is 0 Å². The van der Waals surface area contributed by atoms with Crippen molar-refractivity contribution in [2.75, 3.05) is 13.2 Å². The van der Waals surface area contributed by atoms with Gasteiger partial charge in [-0.1, -0.05) is 41.6 Å². The van der Waals surface area contributed by atoms with E-state index in [-0.39, 0.29) is 24.3 Å². The van der Waals surface area contributed by atoms with Crippen LogP contribution in [0.2, 0.25) is 0 Å². The number of aromatic nitrogens is 3. The predicted molar refractivity (Wildman–Crippen MR) is 142 cm³/mol. The van der Waals surface area contributed by atoms with Crippen LogP contribution in [-0.4, -0.2) is 79.6 Å². The Kier molecular flexibility index (Phi) is 7.23. The zero-order valence-corrected chi connectivity index (χ0v) is 22.2. The number of ether oxygens (including phenoxy) is 2. The predicted octanol–water partition coefficient (Wildman–Crippen LogP) is 2.39. The van der Waals surface area contributed by atoms with Gasteiger partial charge in [0.25, 0.3) is 5.91 Å². The number of aryl methyl sites for hydroxylation is 1. The molecule has 42 heavy (non-hydrogen) atoms. The Morgan fingerprint density at radius 1 is 1.14 bits per heavy atom. The molecule has 2 saturated heterocycles. The average molecular weight is 585 g/mol. The second-order valence-corrected chi connectivity index (χ2v) is 10.5. The number of carbonyl (C=O) groups is 1. The summed E-state index contributed by atoms with van der Waals surface area (Å²) in [5, 5.41) is 45.1. The van der Waals surface area contributed by atoms with Crippen molar-refractivity contribution in [3.05, 3.63) is 83.3 Å². The van der Waals surface area contributed by atoms with E-state index in [1.165, 1.54) is 6.20 Å². The summed E-state index contributed by atoms with van der Waals surface area (Å²) in [6.07, 6.45) is -3.02. The molecule has 2 aliphatic heterocycles. The van der Waals surface area contributed by atoms with Crippen molar-refractivity contribution in [3.8, 4) is 11.3 Å². The van der Waals surface area contributed by atoms with Crippen LogP contribution in [0, 0.1) is 24.4 Å². The molecule has 4 N–H and O–H groups in total. The first-order valence-corrected chi connectivity index (χ1v) is 13.3. The topological polar surface area (TPSA) is 139 Å². The number of carbonyl (C=O) groups excluding carboxylic acids is 1. The third kappa shape index (κ3) is 4.53. The van der Waals surface area contributed by atoms with Crippen molar-refractivity contribution in [3.63, 3.8) is 0 Å². The Labute approximate surface area is 237 Å². The molecule has 1 amide bonds. The van der Waals surface area contributed by atoms with E-state index >= 15 is 0 Å². The number of hydrogen-bond donors (Lipinski definition) is 4. The van der Waals surface area contributed by atoms with Crippen molar-refractivity contribution < 1.29 is 42.8 Å². The van der Waals surface area contributed by atoms with Crippen molar-refractivity contribution >= 4 is 16.7 Å². The third-order valence-corrected chi connectivity index (χ3v) is 7.97. The standard InChI is InChI=1S/C29H27F3N4O6/c1-14-6-7-15-4-2-3-5-17(15)23(14)28(40)33-22-8-9-41-29(22)27(39)25(26(38)21(13-37)42-29)36-12-20(34-35-36)16-10-18(30)24(32)19(31)11-16/h2-7,10-12,21-22,25-27,37-39H,8-9,13H2,1H3,(H,33,40)/t21-,22-,25+,26+,27-,29+/m1/s1. The Bertz CT molecular complexity index is 1640. The summed E-state index contributed by atoms with van der Waals surface area (Å²) in [4.78, 5) is 13.7. The van der Waals surface area contributed by atoms with Gasteiger partial charge < -0.3 is 30.1 Å². The lowest BCUT2D eigenvalue weighted by molar-refractivity contribution is -0.344. The van der Waals surface area contributed by atoms with Crippen molar-refractivity contribution in [2.24, 2.45) is 0 Å². The molecule has 2 fully saturated rings. The quantitative estimate of drug-likeness (QED) is 0.263. The third-order valence-electron chi connectivity index (χ3n) is 7.97. The number of benzene rings is 3. The van der Waals surface area contributed by atoms with Crippen LogP contribution in [0.1, 0.15) is 28.4 Å². The molecular weight excluding hydrogens is 557 g/mol. The van der Waals surface area contributed by atoms with Gasteiger partial charge in [0.15, 0.2) is 17.5 Å². The van der Waals surface area contributed by atoms with Crippen LogP contribution in [0.4, 0.5) is 13.2 Å².